The number of nitrogens with one attached hydrogen (secondary N) is 1. The largest absolute Gasteiger partial charge is 0.376 e. The van der Waals surface area contributed by atoms with E-state index in [4.69, 9.17) is 16.9 Å². The van der Waals surface area contributed by atoms with Gasteiger partial charge in [0, 0.05) is 6.54 Å². The number of hydrogen-bond acceptors (Lipinski definition) is 2. The van der Waals surface area contributed by atoms with E-state index in [0.29, 0.717) is 6.54 Å². The number of guanidine groups is 1. The normalized spacial score (nSPS) is 8.90. The highest BCUT2D eigenvalue weighted by molar-refractivity contribution is 7.80. The van der Waals surface area contributed by atoms with E-state index in [-0.39, 0.29) is 11.1 Å². The molecule has 0 heterocycles. The molecule has 0 bridgehead atoms. The van der Waals surface area contributed by atoms with Crippen molar-refractivity contribution in [2.45, 2.75) is 13.3 Å². The highest BCUT2D eigenvalue weighted by Gasteiger charge is 2.06. The summed E-state index contributed by atoms with van der Waals surface area (Å²) in [6.07, 6.45) is 0.872. The molecule has 0 aliphatic heterocycles. The van der Waals surface area contributed by atoms with E-state index in [2.05, 4.69) is 12.2 Å². The van der Waals surface area contributed by atoms with Crippen LogP contribution in [-0.2, 0) is 0 Å². The first-order valence-electron chi connectivity index (χ1n) is 3.00. The van der Waals surface area contributed by atoms with Crippen molar-refractivity contribution in [3.63, 3.8) is 0 Å². The van der Waals surface area contributed by atoms with Crippen LogP contribution in [0.5, 0.6) is 0 Å². The van der Waals surface area contributed by atoms with Gasteiger partial charge in [0.2, 0.25) is 0 Å². The molecule has 0 radical (unpaired) electrons. The topological polar surface area (TPSA) is 79.1 Å². The lowest BCUT2D eigenvalue weighted by Gasteiger charge is -2.18. The first-order chi connectivity index (χ1) is 4.59. The third-order valence-corrected chi connectivity index (χ3v) is 1.22. The van der Waals surface area contributed by atoms with Crippen molar-refractivity contribution in [1.29, 1.82) is 5.41 Å². The zero-order chi connectivity index (χ0) is 8.15. The molecule has 58 valence electrons. The maximum absolute atomic E-state index is 7.02. The lowest BCUT2D eigenvalue weighted by Crippen LogP contribution is -2.44. The van der Waals surface area contributed by atoms with Crippen LogP contribution in [0.1, 0.15) is 13.3 Å². The fourth-order valence-electron chi connectivity index (χ4n) is 0.573. The molecule has 0 atom stereocenters. The summed E-state index contributed by atoms with van der Waals surface area (Å²) >= 11 is 4.64. The Labute approximate surface area is 65.7 Å². The van der Waals surface area contributed by atoms with Crippen molar-refractivity contribution in [3.8, 4) is 0 Å². The van der Waals surface area contributed by atoms with Gasteiger partial charge >= 0.3 is 0 Å². The highest BCUT2D eigenvalue weighted by atomic mass is 32.1. The zero-order valence-corrected chi connectivity index (χ0v) is 6.74. The number of nitrogens with two attached hydrogens (primary N) is 2. The van der Waals surface area contributed by atoms with Crippen LogP contribution >= 0.6 is 12.2 Å². The summed E-state index contributed by atoms with van der Waals surface area (Å²) in [6.45, 7) is 2.58. The van der Waals surface area contributed by atoms with Gasteiger partial charge in [0.1, 0.15) is 0 Å². The molecule has 0 rings (SSSR count). The SMILES string of the molecule is CCCN(C(=N)N)C(N)=S. The second kappa shape index (κ2) is 4.05. The average molecular weight is 160 g/mol. The first kappa shape index (κ1) is 9.16. The van der Waals surface area contributed by atoms with E-state index in [1.807, 2.05) is 6.92 Å². The lowest BCUT2D eigenvalue weighted by molar-refractivity contribution is 0.588. The predicted molar refractivity (Wildman–Crippen MR) is 45.7 cm³/mol. The van der Waals surface area contributed by atoms with Gasteiger partial charge in [0.25, 0.3) is 0 Å². The molecule has 0 aromatic heterocycles. The Bertz CT molecular complexity index is 131. The Morgan fingerprint density at radius 2 is 2.10 bits per heavy atom. The van der Waals surface area contributed by atoms with E-state index in [0.717, 1.165) is 6.42 Å². The van der Waals surface area contributed by atoms with Crippen molar-refractivity contribution in [3.05, 3.63) is 0 Å². The summed E-state index contributed by atoms with van der Waals surface area (Å²) in [5.41, 5.74) is 10.4. The summed E-state index contributed by atoms with van der Waals surface area (Å²) in [5, 5.41) is 7.18. The van der Waals surface area contributed by atoms with Gasteiger partial charge in [0.15, 0.2) is 11.1 Å². The Morgan fingerprint density at radius 3 is 2.20 bits per heavy atom. The molecule has 5 heteroatoms. The maximum atomic E-state index is 7.02. The Kier molecular flexibility index (Phi) is 3.71. The molecule has 4 nitrogen and oxygen atoms in total. The van der Waals surface area contributed by atoms with Gasteiger partial charge in [-0.3, -0.25) is 10.3 Å². The van der Waals surface area contributed by atoms with Crippen LogP contribution in [-0.4, -0.2) is 22.5 Å². The van der Waals surface area contributed by atoms with E-state index in [1.54, 1.807) is 0 Å². The van der Waals surface area contributed by atoms with Crippen molar-refractivity contribution < 1.29 is 0 Å². The molecule has 0 aromatic carbocycles. The smallest absolute Gasteiger partial charge is 0.194 e. The van der Waals surface area contributed by atoms with Gasteiger partial charge in [-0.2, -0.15) is 0 Å². The van der Waals surface area contributed by atoms with E-state index in [1.165, 1.54) is 4.90 Å². The molecule has 0 fully saturated rings. The van der Waals surface area contributed by atoms with E-state index in [9.17, 15) is 0 Å². The minimum Gasteiger partial charge on any atom is -0.376 e. The lowest BCUT2D eigenvalue weighted by atomic mass is 10.4. The molecule has 0 aliphatic carbocycles. The molecule has 10 heavy (non-hydrogen) atoms. The Morgan fingerprint density at radius 1 is 1.60 bits per heavy atom. The van der Waals surface area contributed by atoms with Gasteiger partial charge < -0.3 is 11.5 Å². The van der Waals surface area contributed by atoms with Crippen molar-refractivity contribution in [2.24, 2.45) is 11.5 Å². The van der Waals surface area contributed by atoms with Crippen LogP contribution in [0.3, 0.4) is 0 Å². The third-order valence-electron chi connectivity index (χ3n) is 1.00. The number of hydrogen-bond donors (Lipinski definition) is 3. The number of thiocarbonyl (C=S) groups is 1. The van der Waals surface area contributed by atoms with Crippen LogP contribution in [0.2, 0.25) is 0 Å². The van der Waals surface area contributed by atoms with Crippen molar-refractivity contribution in [1.82, 2.24) is 4.90 Å². The van der Waals surface area contributed by atoms with Crippen LogP contribution in [0.4, 0.5) is 0 Å². The Balaban J connectivity index is 3.98. The van der Waals surface area contributed by atoms with E-state index < -0.39 is 0 Å². The van der Waals surface area contributed by atoms with Gasteiger partial charge in [-0.05, 0) is 18.6 Å². The second-order valence-corrected chi connectivity index (χ2v) is 2.29. The first-order valence-corrected chi connectivity index (χ1v) is 3.41. The average Bonchev–Trinajstić information content (AvgIpc) is 1.81. The summed E-state index contributed by atoms with van der Waals surface area (Å²) in [4.78, 5) is 1.38. The number of rotatable bonds is 2. The summed E-state index contributed by atoms with van der Waals surface area (Å²) in [6, 6.07) is 0. The number of nitrogens with zero attached hydrogens (tertiary/aromatic N) is 1. The summed E-state index contributed by atoms with van der Waals surface area (Å²) in [7, 11) is 0. The highest BCUT2D eigenvalue weighted by Crippen LogP contribution is 1.88. The van der Waals surface area contributed by atoms with Crippen molar-refractivity contribution >= 4 is 23.3 Å². The summed E-state index contributed by atoms with van der Waals surface area (Å²) < 4.78 is 0. The maximum Gasteiger partial charge on any atom is 0.194 e. The molecule has 0 amide bonds. The molecule has 0 aliphatic rings. The van der Waals surface area contributed by atoms with Crippen LogP contribution in [0.25, 0.3) is 0 Å². The molecule has 5 N–H and O–H groups in total. The van der Waals surface area contributed by atoms with Gasteiger partial charge in [-0.15, -0.1) is 0 Å². The quantitative estimate of drug-likeness (QED) is 0.298. The molecule has 0 saturated heterocycles. The minimum atomic E-state index is -0.0886. The van der Waals surface area contributed by atoms with Crippen LogP contribution in [0.15, 0.2) is 0 Å². The van der Waals surface area contributed by atoms with Crippen LogP contribution in [0, 0.1) is 5.41 Å². The second-order valence-electron chi connectivity index (χ2n) is 1.88. The van der Waals surface area contributed by atoms with Crippen molar-refractivity contribution in [2.75, 3.05) is 6.54 Å². The van der Waals surface area contributed by atoms with Gasteiger partial charge in [0.05, 0.1) is 0 Å². The predicted octanol–water partition coefficient (Wildman–Crippen LogP) is -0.165. The van der Waals surface area contributed by atoms with E-state index >= 15 is 0 Å². The van der Waals surface area contributed by atoms with Gasteiger partial charge in [-0.25, -0.2) is 0 Å². The molecule has 0 saturated carbocycles. The molecule has 0 unspecified atom stereocenters. The third kappa shape index (κ3) is 2.63. The fourth-order valence-corrected chi connectivity index (χ4v) is 0.763. The molecule has 0 aromatic rings. The minimum absolute atomic E-state index is 0.0886. The zero-order valence-electron chi connectivity index (χ0n) is 5.92. The fraction of sp³-hybridized carbons (Fsp3) is 0.600. The summed E-state index contributed by atoms with van der Waals surface area (Å²) in [5.74, 6) is -0.0886. The monoisotopic (exact) mass is 160 g/mol. The standard InChI is InChI=1S/C5H12N4S/c1-2-3-9(4(6)7)5(8)10/h2-3H2,1H3,(H3,6,7)(H2,8,10). The molecular formula is C5H12N4S. The van der Waals surface area contributed by atoms with Crippen LogP contribution < -0.4 is 11.5 Å². The van der Waals surface area contributed by atoms with Gasteiger partial charge in [-0.1, -0.05) is 6.92 Å². The molecule has 0 spiro atoms. The Hall–Kier alpha value is -0.840. The molecular weight excluding hydrogens is 148 g/mol.